The van der Waals surface area contributed by atoms with Crippen molar-refractivity contribution in [2.75, 3.05) is 0 Å². The molecule has 2 aromatic rings. The molecule has 0 bridgehead atoms. The Morgan fingerprint density at radius 1 is 1.11 bits per heavy atom. The van der Waals surface area contributed by atoms with E-state index in [1.165, 1.54) is 12.1 Å². The summed E-state index contributed by atoms with van der Waals surface area (Å²) in [6, 6.07) is 5.80. The minimum Gasteiger partial charge on any atom is -0.438 e. The van der Waals surface area contributed by atoms with E-state index in [4.69, 9.17) is 4.74 Å². The van der Waals surface area contributed by atoms with Crippen molar-refractivity contribution >= 4 is 0 Å². The molecule has 0 aliphatic rings. The zero-order chi connectivity index (χ0) is 13.9. The van der Waals surface area contributed by atoms with Crippen molar-refractivity contribution < 1.29 is 9.13 Å². The predicted molar refractivity (Wildman–Crippen MR) is 71.8 cm³/mol. The third kappa shape index (κ3) is 3.28. The number of nitrogens with zero attached hydrogens (tertiary/aromatic N) is 2. The maximum absolute atomic E-state index is 12.8. The van der Waals surface area contributed by atoms with Crippen molar-refractivity contribution in [1.82, 2.24) is 9.97 Å². The van der Waals surface area contributed by atoms with Crippen LogP contribution in [0.3, 0.4) is 0 Å². The summed E-state index contributed by atoms with van der Waals surface area (Å²) in [6.45, 7) is 6.36. The first-order chi connectivity index (χ1) is 9.01. The number of hydrogen-bond donors (Lipinski definition) is 0. The highest BCUT2D eigenvalue weighted by molar-refractivity contribution is 5.26. The smallest absolute Gasteiger partial charge is 0.237 e. The lowest BCUT2D eigenvalue weighted by Crippen LogP contribution is -2.17. The van der Waals surface area contributed by atoms with Gasteiger partial charge in [0.1, 0.15) is 11.6 Å². The van der Waals surface area contributed by atoms with Crippen LogP contribution in [0.2, 0.25) is 0 Å². The Morgan fingerprint density at radius 2 is 1.79 bits per heavy atom. The molecule has 0 saturated heterocycles. The van der Waals surface area contributed by atoms with Crippen LogP contribution in [-0.2, 0) is 5.41 Å². The van der Waals surface area contributed by atoms with Crippen molar-refractivity contribution in [2.24, 2.45) is 0 Å². The molecule has 0 unspecified atom stereocenters. The molecule has 0 radical (unpaired) electrons. The van der Waals surface area contributed by atoms with Crippen LogP contribution in [0, 0.1) is 5.82 Å². The SMILES string of the molecule is CCC(C)(C)c1cnc(Oc2ccc(F)cc2)cn1. The molecular weight excluding hydrogens is 243 g/mol. The van der Waals surface area contributed by atoms with Crippen LogP contribution in [0.25, 0.3) is 0 Å². The van der Waals surface area contributed by atoms with Crippen LogP contribution in [0.4, 0.5) is 4.39 Å². The zero-order valence-corrected chi connectivity index (χ0v) is 11.4. The lowest BCUT2D eigenvalue weighted by atomic mass is 9.87. The van der Waals surface area contributed by atoms with E-state index in [-0.39, 0.29) is 11.2 Å². The minimum absolute atomic E-state index is 0.00139. The van der Waals surface area contributed by atoms with E-state index in [9.17, 15) is 4.39 Å². The Hall–Kier alpha value is -1.97. The van der Waals surface area contributed by atoms with Gasteiger partial charge in [-0.05, 0) is 30.7 Å². The summed E-state index contributed by atoms with van der Waals surface area (Å²) in [5, 5.41) is 0. The van der Waals surface area contributed by atoms with Crippen molar-refractivity contribution in [3.63, 3.8) is 0 Å². The fourth-order valence-electron chi connectivity index (χ4n) is 1.52. The van der Waals surface area contributed by atoms with Gasteiger partial charge in [-0.3, -0.25) is 4.98 Å². The second kappa shape index (κ2) is 5.34. The van der Waals surface area contributed by atoms with Crippen LogP contribution in [0.1, 0.15) is 32.9 Å². The third-order valence-electron chi connectivity index (χ3n) is 3.24. The second-order valence-corrected chi connectivity index (χ2v) is 5.03. The van der Waals surface area contributed by atoms with E-state index in [1.54, 1.807) is 24.5 Å². The molecule has 1 aromatic heterocycles. The van der Waals surface area contributed by atoms with Gasteiger partial charge < -0.3 is 4.74 Å². The summed E-state index contributed by atoms with van der Waals surface area (Å²) < 4.78 is 18.3. The van der Waals surface area contributed by atoms with Crippen LogP contribution in [0.5, 0.6) is 11.6 Å². The Morgan fingerprint density at radius 3 is 2.32 bits per heavy atom. The summed E-state index contributed by atoms with van der Waals surface area (Å²) >= 11 is 0. The number of aromatic nitrogens is 2. The van der Waals surface area contributed by atoms with E-state index in [0.717, 1.165) is 12.1 Å². The molecule has 1 heterocycles. The predicted octanol–water partition coefficient (Wildman–Crippen LogP) is 4.10. The summed E-state index contributed by atoms with van der Waals surface area (Å²) in [4.78, 5) is 8.61. The Kier molecular flexibility index (Phi) is 3.79. The van der Waals surface area contributed by atoms with Crippen LogP contribution in [0.15, 0.2) is 36.7 Å². The van der Waals surface area contributed by atoms with Gasteiger partial charge in [-0.15, -0.1) is 0 Å². The van der Waals surface area contributed by atoms with Gasteiger partial charge in [0.25, 0.3) is 0 Å². The Bertz CT molecular complexity index is 535. The second-order valence-electron chi connectivity index (χ2n) is 5.03. The monoisotopic (exact) mass is 260 g/mol. The lowest BCUT2D eigenvalue weighted by molar-refractivity contribution is 0.447. The number of rotatable bonds is 4. The van der Waals surface area contributed by atoms with Crippen molar-refractivity contribution in [3.8, 4) is 11.6 Å². The summed E-state index contributed by atoms with van der Waals surface area (Å²) in [6.07, 6.45) is 4.30. The molecule has 0 N–H and O–H groups in total. The quantitative estimate of drug-likeness (QED) is 0.830. The molecule has 0 aliphatic carbocycles. The molecule has 3 nitrogen and oxygen atoms in total. The zero-order valence-electron chi connectivity index (χ0n) is 11.4. The minimum atomic E-state index is -0.293. The number of hydrogen-bond acceptors (Lipinski definition) is 3. The molecule has 1 aromatic carbocycles. The number of ether oxygens (including phenoxy) is 1. The molecular formula is C15H17FN2O. The van der Waals surface area contributed by atoms with E-state index >= 15 is 0 Å². The van der Waals surface area contributed by atoms with Gasteiger partial charge in [-0.1, -0.05) is 20.8 Å². The van der Waals surface area contributed by atoms with E-state index in [0.29, 0.717) is 11.6 Å². The topological polar surface area (TPSA) is 35.0 Å². The van der Waals surface area contributed by atoms with Gasteiger partial charge in [0, 0.05) is 5.41 Å². The van der Waals surface area contributed by atoms with Gasteiger partial charge >= 0.3 is 0 Å². The standard InChI is InChI=1S/C15H17FN2O/c1-4-15(2,3)13-9-18-14(10-17-13)19-12-7-5-11(16)6-8-12/h5-10H,4H2,1-3H3. The first-order valence-electron chi connectivity index (χ1n) is 6.27. The lowest BCUT2D eigenvalue weighted by Gasteiger charge is -2.21. The van der Waals surface area contributed by atoms with E-state index in [1.807, 2.05) is 0 Å². The van der Waals surface area contributed by atoms with Gasteiger partial charge in [0.15, 0.2) is 0 Å². The maximum atomic E-state index is 12.8. The molecule has 19 heavy (non-hydrogen) atoms. The molecule has 4 heteroatoms. The average Bonchev–Trinajstić information content (AvgIpc) is 2.42. The molecule has 0 fully saturated rings. The summed E-state index contributed by atoms with van der Waals surface area (Å²) in [7, 11) is 0. The maximum Gasteiger partial charge on any atom is 0.237 e. The average molecular weight is 260 g/mol. The van der Waals surface area contributed by atoms with E-state index in [2.05, 4.69) is 30.7 Å². The van der Waals surface area contributed by atoms with Gasteiger partial charge in [-0.2, -0.15) is 0 Å². The molecule has 2 rings (SSSR count). The highest BCUT2D eigenvalue weighted by Gasteiger charge is 2.20. The number of halogens is 1. The normalized spacial score (nSPS) is 11.4. The molecule has 0 aliphatic heterocycles. The largest absolute Gasteiger partial charge is 0.438 e. The fourth-order valence-corrected chi connectivity index (χ4v) is 1.52. The van der Waals surface area contributed by atoms with Crippen LogP contribution >= 0.6 is 0 Å². The first kappa shape index (κ1) is 13.5. The van der Waals surface area contributed by atoms with Crippen molar-refractivity contribution in [2.45, 2.75) is 32.6 Å². The molecule has 0 atom stereocenters. The van der Waals surface area contributed by atoms with Crippen LogP contribution < -0.4 is 4.74 Å². The molecule has 100 valence electrons. The Labute approximate surface area is 112 Å². The molecule has 0 amide bonds. The van der Waals surface area contributed by atoms with E-state index < -0.39 is 0 Å². The highest BCUT2D eigenvalue weighted by Crippen LogP contribution is 2.25. The van der Waals surface area contributed by atoms with Gasteiger partial charge in [-0.25, -0.2) is 9.37 Å². The van der Waals surface area contributed by atoms with Gasteiger partial charge in [0.05, 0.1) is 18.1 Å². The highest BCUT2D eigenvalue weighted by atomic mass is 19.1. The van der Waals surface area contributed by atoms with Crippen molar-refractivity contribution in [1.29, 1.82) is 0 Å². The number of benzene rings is 1. The summed E-state index contributed by atoms with van der Waals surface area (Å²) in [5.41, 5.74) is 0.933. The first-order valence-corrected chi connectivity index (χ1v) is 6.27. The Balaban J connectivity index is 2.13. The van der Waals surface area contributed by atoms with Gasteiger partial charge in [0.2, 0.25) is 5.88 Å². The molecule has 0 spiro atoms. The third-order valence-corrected chi connectivity index (χ3v) is 3.24. The van der Waals surface area contributed by atoms with Crippen molar-refractivity contribution in [3.05, 3.63) is 48.2 Å². The fraction of sp³-hybridized carbons (Fsp3) is 0.333. The van der Waals surface area contributed by atoms with Crippen LogP contribution in [-0.4, -0.2) is 9.97 Å². The summed E-state index contributed by atoms with van der Waals surface area (Å²) in [5.74, 6) is 0.652. The molecule has 0 saturated carbocycles.